The van der Waals surface area contributed by atoms with E-state index in [9.17, 15) is 9.59 Å². The number of ether oxygens (including phenoxy) is 3. The number of allylic oxidation sites excluding steroid dienone is 1. The third kappa shape index (κ3) is 7.87. The standard InChI is InChI=1S/C44H42N2O5/c1-29(2)32(7)51-28-33-13-17-35(18-14-33)46(36-19-15-34(45-8)16-20-36)37-21-22-39-38-11-9-10-12-40(38)44(41(39)27-37,23-25-49-42(47)30(3)4)24-26-50-43(48)31(5)6/h9-22,27H,1,3,5,7,23-26,28H2,2,4,6H3. The van der Waals surface area contributed by atoms with Gasteiger partial charge in [-0.15, -0.1) is 0 Å². The van der Waals surface area contributed by atoms with E-state index in [-0.39, 0.29) is 13.2 Å². The van der Waals surface area contributed by atoms with Crippen molar-refractivity contribution in [2.75, 3.05) is 18.1 Å². The van der Waals surface area contributed by atoms with Gasteiger partial charge in [0, 0.05) is 33.6 Å². The summed E-state index contributed by atoms with van der Waals surface area (Å²) in [6.07, 6.45) is 0.905. The summed E-state index contributed by atoms with van der Waals surface area (Å²) in [4.78, 5) is 30.7. The third-order valence-electron chi connectivity index (χ3n) is 9.05. The molecule has 0 amide bonds. The molecule has 0 atom stereocenters. The van der Waals surface area contributed by atoms with Crippen molar-refractivity contribution in [3.05, 3.63) is 168 Å². The number of esters is 2. The van der Waals surface area contributed by atoms with E-state index in [1.165, 1.54) is 0 Å². The number of carbonyl (C=O) groups excluding carboxylic acids is 2. The summed E-state index contributed by atoms with van der Waals surface area (Å²) in [6, 6.07) is 30.2. The van der Waals surface area contributed by atoms with Crippen molar-refractivity contribution in [1.29, 1.82) is 0 Å². The second-order valence-corrected chi connectivity index (χ2v) is 12.8. The summed E-state index contributed by atoms with van der Waals surface area (Å²) in [5.41, 5.74) is 9.19. The molecule has 0 saturated heterocycles. The lowest BCUT2D eigenvalue weighted by Crippen LogP contribution is -2.30. The number of anilines is 3. The fourth-order valence-electron chi connectivity index (χ4n) is 6.29. The Morgan fingerprint density at radius 3 is 1.75 bits per heavy atom. The molecule has 0 unspecified atom stereocenters. The molecule has 0 saturated carbocycles. The van der Waals surface area contributed by atoms with Gasteiger partial charge in [-0.25, -0.2) is 14.4 Å². The van der Waals surface area contributed by atoms with Crippen molar-refractivity contribution in [2.24, 2.45) is 0 Å². The molecule has 5 rings (SSSR count). The van der Waals surface area contributed by atoms with Gasteiger partial charge in [0.25, 0.3) is 0 Å². The van der Waals surface area contributed by atoms with Crippen LogP contribution in [0.3, 0.4) is 0 Å². The zero-order chi connectivity index (χ0) is 36.7. The predicted octanol–water partition coefficient (Wildman–Crippen LogP) is 10.6. The molecule has 0 spiro atoms. The van der Waals surface area contributed by atoms with E-state index in [0.717, 1.165) is 50.5 Å². The maximum absolute atomic E-state index is 12.5. The summed E-state index contributed by atoms with van der Waals surface area (Å²) in [5, 5.41) is 0. The van der Waals surface area contributed by atoms with E-state index in [4.69, 9.17) is 20.8 Å². The van der Waals surface area contributed by atoms with Crippen LogP contribution in [0.4, 0.5) is 22.7 Å². The monoisotopic (exact) mass is 678 g/mol. The molecule has 0 radical (unpaired) electrons. The minimum atomic E-state index is -0.654. The van der Waals surface area contributed by atoms with Crippen molar-refractivity contribution < 1.29 is 23.8 Å². The van der Waals surface area contributed by atoms with Crippen molar-refractivity contribution in [2.45, 2.75) is 45.6 Å². The quantitative estimate of drug-likeness (QED) is 0.0410. The van der Waals surface area contributed by atoms with Gasteiger partial charge >= 0.3 is 11.9 Å². The van der Waals surface area contributed by atoms with Gasteiger partial charge in [-0.3, -0.25) is 0 Å². The molecule has 7 nitrogen and oxygen atoms in total. The van der Waals surface area contributed by atoms with Gasteiger partial charge in [0.2, 0.25) is 0 Å². The van der Waals surface area contributed by atoms with Gasteiger partial charge in [-0.05, 0) is 103 Å². The molecule has 51 heavy (non-hydrogen) atoms. The van der Waals surface area contributed by atoms with Gasteiger partial charge in [0.1, 0.15) is 12.4 Å². The van der Waals surface area contributed by atoms with Gasteiger partial charge in [0.05, 0.1) is 19.8 Å². The second kappa shape index (κ2) is 15.6. The highest BCUT2D eigenvalue weighted by atomic mass is 16.5. The average molecular weight is 679 g/mol. The Labute approximate surface area is 300 Å². The smallest absolute Gasteiger partial charge is 0.333 e. The third-order valence-corrected chi connectivity index (χ3v) is 9.05. The van der Waals surface area contributed by atoms with Crippen molar-refractivity contribution in [3.8, 4) is 11.1 Å². The van der Waals surface area contributed by atoms with Gasteiger partial charge in [-0.1, -0.05) is 80.9 Å². The molecule has 258 valence electrons. The molecule has 0 heterocycles. The van der Waals surface area contributed by atoms with Gasteiger partial charge in [0.15, 0.2) is 5.69 Å². The first-order chi connectivity index (χ1) is 24.4. The van der Waals surface area contributed by atoms with Crippen molar-refractivity contribution in [1.82, 2.24) is 0 Å². The first kappa shape index (κ1) is 36.2. The minimum absolute atomic E-state index is 0.140. The topological polar surface area (TPSA) is 69.4 Å². The first-order valence-corrected chi connectivity index (χ1v) is 16.7. The van der Waals surface area contributed by atoms with E-state index in [1.807, 2.05) is 55.5 Å². The van der Waals surface area contributed by atoms with Crippen LogP contribution in [-0.4, -0.2) is 25.2 Å². The molecule has 1 aliphatic rings. The van der Waals surface area contributed by atoms with Gasteiger partial charge in [-0.2, -0.15) is 0 Å². The zero-order valence-electron chi connectivity index (χ0n) is 29.5. The fourth-order valence-corrected chi connectivity index (χ4v) is 6.29. The molecule has 0 bridgehead atoms. The molecule has 4 aromatic rings. The molecule has 1 aliphatic carbocycles. The summed E-state index contributed by atoms with van der Waals surface area (Å²) >= 11 is 0. The number of hydrogen-bond acceptors (Lipinski definition) is 6. The van der Waals surface area contributed by atoms with Crippen LogP contribution in [0.2, 0.25) is 0 Å². The summed E-state index contributed by atoms with van der Waals surface area (Å²) in [7, 11) is 0. The first-order valence-electron chi connectivity index (χ1n) is 16.7. The number of carbonyl (C=O) groups is 2. The van der Waals surface area contributed by atoms with Gasteiger partial charge < -0.3 is 19.1 Å². The Morgan fingerprint density at radius 1 is 0.667 bits per heavy atom. The van der Waals surface area contributed by atoms with E-state index < -0.39 is 17.4 Å². The normalized spacial score (nSPS) is 12.0. The Bertz CT molecular complexity index is 2020. The Morgan fingerprint density at radius 2 is 1.20 bits per heavy atom. The molecule has 4 aromatic carbocycles. The molecule has 0 aliphatic heterocycles. The highest BCUT2D eigenvalue weighted by Gasteiger charge is 2.43. The minimum Gasteiger partial charge on any atom is -0.489 e. The number of benzene rings is 4. The number of fused-ring (bicyclic) bond motifs is 3. The lowest BCUT2D eigenvalue weighted by Gasteiger charge is -2.33. The van der Waals surface area contributed by atoms with Crippen LogP contribution in [0.25, 0.3) is 16.0 Å². The molecule has 0 N–H and O–H groups in total. The SMILES string of the molecule is [C-]#[N+]c1ccc(N(c2ccc(COC(=C)C(=C)C)cc2)c2ccc3c(c2)C(CCOC(=O)C(=C)C)(CCOC(=O)C(=C)C)c2ccccc2-3)cc1. The van der Waals surface area contributed by atoms with Crippen LogP contribution in [0, 0.1) is 6.57 Å². The number of hydrogen-bond donors (Lipinski definition) is 0. The van der Waals surface area contributed by atoms with Crippen LogP contribution in [0.5, 0.6) is 0 Å². The predicted molar refractivity (Wildman–Crippen MR) is 203 cm³/mol. The maximum Gasteiger partial charge on any atom is 0.333 e. The molecule has 0 fully saturated rings. The zero-order valence-corrected chi connectivity index (χ0v) is 29.5. The second-order valence-electron chi connectivity index (χ2n) is 12.8. The Balaban J connectivity index is 1.61. The lowest BCUT2D eigenvalue weighted by atomic mass is 9.73. The number of nitrogens with zero attached hydrogens (tertiary/aromatic N) is 2. The van der Waals surface area contributed by atoms with Crippen LogP contribution < -0.4 is 4.90 Å². The largest absolute Gasteiger partial charge is 0.489 e. The molecular weight excluding hydrogens is 636 g/mol. The average Bonchev–Trinajstić information content (AvgIpc) is 3.40. The Hall–Kier alpha value is -6.13. The Kier molecular flexibility index (Phi) is 11.1. The maximum atomic E-state index is 12.5. The summed E-state index contributed by atoms with van der Waals surface area (Å²) in [5.74, 6) is -0.358. The number of rotatable bonds is 15. The highest BCUT2D eigenvalue weighted by Crippen LogP contribution is 2.54. The summed E-state index contributed by atoms with van der Waals surface area (Å²) in [6.45, 7) is 28.5. The lowest BCUT2D eigenvalue weighted by molar-refractivity contribution is -0.139. The van der Waals surface area contributed by atoms with E-state index in [0.29, 0.717) is 42.0 Å². The highest BCUT2D eigenvalue weighted by molar-refractivity contribution is 5.88. The van der Waals surface area contributed by atoms with Crippen LogP contribution >= 0.6 is 0 Å². The van der Waals surface area contributed by atoms with Crippen molar-refractivity contribution >= 4 is 34.7 Å². The van der Waals surface area contributed by atoms with E-state index in [2.05, 4.69) is 66.4 Å². The van der Waals surface area contributed by atoms with Crippen LogP contribution in [-0.2, 0) is 35.8 Å². The molecule has 0 aromatic heterocycles. The van der Waals surface area contributed by atoms with Crippen LogP contribution in [0.1, 0.15) is 50.3 Å². The molecular formula is C44H42N2O5. The summed E-state index contributed by atoms with van der Waals surface area (Å²) < 4.78 is 17.1. The van der Waals surface area contributed by atoms with Crippen LogP contribution in [0.15, 0.2) is 140 Å². The van der Waals surface area contributed by atoms with E-state index >= 15 is 0 Å². The molecule has 7 heteroatoms. The van der Waals surface area contributed by atoms with Crippen molar-refractivity contribution in [3.63, 3.8) is 0 Å². The van der Waals surface area contributed by atoms with E-state index in [1.54, 1.807) is 26.0 Å². The fraction of sp³-hybridized carbons (Fsp3) is 0.205.